The highest BCUT2D eigenvalue weighted by Crippen LogP contribution is 2.36. The van der Waals surface area contributed by atoms with Gasteiger partial charge in [0.25, 0.3) is 0 Å². The Morgan fingerprint density at radius 3 is 2.36 bits per heavy atom. The van der Waals surface area contributed by atoms with Crippen LogP contribution in [0.3, 0.4) is 0 Å². The highest BCUT2D eigenvalue weighted by atomic mass is 79.9. The largest absolute Gasteiger partial charge is 0.455 e. The number of rotatable bonds is 1. The van der Waals surface area contributed by atoms with Crippen LogP contribution in [0.5, 0.6) is 0 Å². The van der Waals surface area contributed by atoms with E-state index < -0.39 is 0 Å². The Kier molecular flexibility index (Phi) is 4.39. The van der Waals surface area contributed by atoms with Crippen LogP contribution < -0.4 is 0 Å². The SMILES string of the molecule is Brc1ccc2oc3c(-c4ccccc4)cccc3c2c1.[B][BH3-]. The summed E-state index contributed by atoms with van der Waals surface area (Å²) in [7, 11) is 5.00. The third kappa shape index (κ3) is 2.59. The van der Waals surface area contributed by atoms with Crippen molar-refractivity contribution in [2.75, 3.05) is 0 Å². The lowest BCUT2D eigenvalue weighted by atomic mass is 9.81. The summed E-state index contributed by atoms with van der Waals surface area (Å²) in [5, 5.41) is 2.30. The van der Waals surface area contributed by atoms with Crippen LogP contribution in [0.2, 0.25) is 0 Å². The lowest BCUT2D eigenvalue weighted by molar-refractivity contribution is 0.670. The first-order chi connectivity index (χ1) is 10.8. The molecule has 0 saturated heterocycles. The van der Waals surface area contributed by atoms with Crippen LogP contribution >= 0.6 is 15.9 Å². The van der Waals surface area contributed by atoms with Crippen molar-refractivity contribution in [2.45, 2.75) is 0 Å². The van der Waals surface area contributed by atoms with Crippen LogP contribution in [0.4, 0.5) is 0 Å². The molecule has 0 aliphatic carbocycles. The summed E-state index contributed by atoms with van der Waals surface area (Å²) in [5.41, 5.74) is 4.19. The van der Waals surface area contributed by atoms with Gasteiger partial charge in [0.1, 0.15) is 11.2 Å². The van der Waals surface area contributed by atoms with E-state index in [1.54, 1.807) is 0 Å². The Balaban J connectivity index is 0.000000693. The number of para-hydroxylation sites is 1. The predicted molar refractivity (Wildman–Crippen MR) is 103 cm³/mol. The molecule has 0 unspecified atom stereocenters. The fraction of sp³-hybridized carbons (Fsp3) is 0. The van der Waals surface area contributed by atoms with Crippen LogP contribution in [0.25, 0.3) is 33.1 Å². The summed E-state index contributed by atoms with van der Waals surface area (Å²) in [5.74, 6) is 0. The molecule has 22 heavy (non-hydrogen) atoms. The van der Waals surface area contributed by atoms with Crippen molar-refractivity contribution in [3.63, 3.8) is 0 Å². The standard InChI is InChI=1S/C18H11BrO.B2H3/c19-13-9-10-17-16(11-13)15-8-4-7-14(18(15)20-17)12-5-2-1-3-6-12;1-2/h1-11H;1H3/q;-1. The molecule has 106 valence electrons. The van der Waals surface area contributed by atoms with Gasteiger partial charge in [-0.1, -0.05) is 72.2 Å². The van der Waals surface area contributed by atoms with E-state index in [4.69, 9.17) is 12.2 Å². The normalized spacial score (nSPS) is 10.5. The third-order valence-corrected chi connectivity index (χ3v) is 4.04. The maximum absolute atomic E-state index is 6.07. The van der Waals surface area contributed by atoms with Crippen LogP contribution in [-0.4, -0.2) is 15.5 Å². The van der Waals surface area contributed by atoms with E-state index in [0.717, 1.165) is 32.0 Å². The van der Waals surface area contributed by atoms with E-state index in [0.29, 0.717) is 0 Å². The van der Waals surface area contributed by atoms with Crippen LogP contribution in [0.15, 0.2) is 75.6 Å². The van der Waals surface area contributed by atoms with Crippen molar-refractivity contribution >= 4 is 53.3 Å². The molecule has 0 saturated carbocycles. The molecule has 4 heteroatoms. The molecule has 0 fully saturated rings. The zero-order valence-corrected chi connectivity index (χ0v) is 12.8. The predicted octanol–water partition coefficient (Wildman–Crippen LogP) is 4.45. The molecule has 0 N–H and O–H groups in total. The van der Waals surface area contributed by atoms with Crippen LogP contribution in [-0.2, 0) is 0 Å². The number of fused-ring (bicyclic) bond motifs is 3. The molecule has 2 radical (unpaired) electrons. The van der Waals surface area contributed by atoms with Gasteiger partial charge in [-0.15, -0.1) is 0 Å². The summed E-state index contributed by atoms with van der Waals surface area (Å²) < 4.78 is 7.14. The Morgan fingerprint density at radius 1 is 0.818 bits per heavy atom. The summed E-state index contributed by atoms with van der Waals surface area (Å²) in [4.78, 5) is 0. The number of hydrogen-bond donors (Lipinski definition) is 0. The van der Waals surface area contributed by atoms with E-state index >= 15 is 0 Å². The zero-order valence-electron chi connectivity index (χ0n) is 11.2. The molecule has 0 spiro atoms. The molecule has 3 aromatic carbocycles. The molecule has 4 aromatic rings. The number of hydrogen-bond acceptors (Lipinski definition) is 1. The summed E-state index contributed by atoms with van der Waals surface area (Å²) >= 11 is 3.52. The van der Waals surface area contributed by atoms with E-state index in [9.17, 15) is 0 Å². The van der Waals surface area contributed by atoms with E-state index in [2.05, 4.69) is 52.3 Å². The van der Waals surface area contributed by atoms with Crippen molar-refractivity contribution in [1.82, 2.24) is 0 Å². The second-order valence-electron chi connectivity index (χ2n) is 4.79. The van der Waals surface area contributed by atoms with E-state index in [1.807, 2.05) is 30.3 Å². The monoisotopic (exact) mass is 347 g/mol. The number of furan rings is 1. The molecule has 1 heterocycles. The Morgan fingerprint density at radius 2 is 1.59 bits per heavy atom. The quantitative estimate of drug-likeness (QED) is 0.464. The Labute approximate surface area is 140 Å². The second kappa shape index (κ2) is 6.45. The second-order valence-corrected chi connectivity index (χ2v) is 5.71. The minimum Gasteiger partial charge on any atom is -0.455 e. The van der Waals surface area contributed by atoms with Gasteiger partial charge in [-0.25, -0.2) is 0 Å². The third-order valence-electron chi connectivity index (χ3n) is 3.54. The van der Waals surface area contributed by atoms with Gasteiger partial charge < -0.3 is 4.42 Å². The van der Waals surface area contributed by atoms with Gasteiger partial charge in [-0.05, 0) is 23.8 Å². The highest BCUT2D eigenvalue weighted by Gasteiger charge is 2.11. The molecule has 1 aromatic heterocycles. The molecule has 1 nitrogen and oxygen atoms in total. The van der Waals surface area contributed by atoms with Gasteiger partial charge in [0.15, 0.2) is 0 Å². The molecule has 0 aliphatic heterocycles. The van der Waals surface area contributed by atoms with Crippen LogP contribution in [0, 0.1) is 0 Å². The lowest BCUT2D eigenvalue weighted by Gasteiger charge is -2.01. The topological polar surface area (TPSA) is 13.1 Å². The van der Waals surface area contributed by atoms with Gasteiger partial charge >= 0.3 is 0 Å². The Bertz CT molecular complexity index is 916. The first-order valence-corrected chi connectivity index (χ1v) is 7.28. The van der Waals surface area contributed by atoms with Crippen molar-refractivity contribution in [2.24, 2.45) is 0 Å². The van der Waals surface area contributed by atoms with Crippen molar-refractivity contribution < 1.29 is 4.42 Å². The first kappa shape index (κ1) is 15.0. The van der Waals surface area contributed by atoms with E-state index in [1.165, 1.54) is 5.56 Å². The average molecular weight is 348 g/mol. The van der Waals surface area contributed by atoms with Crippen molar-refractivity contribution in [3.8, 4) is 11.1 Å². The molecular weight excluding hydrogens is 334 g/mol. The minimum absolute atomic E-state index is 0.250. The highest BCUT2D eigenvalue weighted by molar-refractivity contribution is 9.10. The molecule has 4 rings (SSSR count). The summed E-state index contributed by atoms with van der Waals surface area (Å²) in [6.45, 7) is 0. The number of benzene rings is 3. The Hall–Kier alpha value is -1.93. The van der Waals surface area contributed by atoms with Crippen molar-refractivity contribution in [3.05, 3.63) is 71.2 Å². The van der Waals surface area contributed by atoms with Gasteiger partial charge in [-0.3, -0.25) is 0 Å². The van der Waals surface area contributed by atoms with Gasteiger partial charge in [-0.2, -0.15) is 7.74 Å². The first-order valence-electron chi connectivity index (χ1n) is 6.49. The van der Waals surface area contributed by atoms with Crippen LogP contribution in [0.1, 0.15) is 0 Å². The molecule has 0 bridgehead atoms. The van der Waals surface area contributed by atoms with E-state index in [-0.39, 0.29) is 7.74 Å². The van der Waals surface area contributed by atoms with Gasteiger partial charge in [0.05, 0.1) is 0 Å². The molecular formula is C18H14B2BrO-. The smallest absolute Gasteiger partial charge is 0.143 e. The maximum Gasteiger partial charge on any atom is 0.143 e. The van der Waals surface area contributed by atoms with Gasteiger partial charge in [0, 0.05) is 20.8 Å². The van der Waals surface area contributed by atoms with Gasteiger partial charge in [0.2, 0.25) is 0 Å². The molecule has 0 atom stereocenters. The summed E-state index contributed by atoms with van der Waals surface area (Å²) in [6.07, 6.45) is 0. The zero-order chi connectivity index (χ0) is 15.5. The molecule has 0 aliphatic rings. The number of halogens is 1. The minimum atomic E-state index is 0.250. The van der Waals surface area contributed by atoms with Crippen molar-refractivity contribution in [1.29, 1.82) is 0 Å². The lowest BCUT2D eigenvalue weighted by Crippen LogP contribution is -1.77. The maximum atomic E-state index is 6.07. The fourth-order valence-corrected chi connectivity index (χ4v) is 2.98. The molecule has 0 amide bonds. The average Bonchev–Trinajstić information content (AvgIpc) is 2.95. The summed E-state index contributed by atoms with van der Waals surface area (Å²) in [6, 6.07) is 22.8. The fourth-order valence-electron chi connectivity index (χ4n) is 2.62.